The smallest absolute Gasteiger partial charge is 0.243 e. The Morgan fingerprint density at radius 3 is 2.41 bits per heavy atom. The Morgan fingerprint density at radius 2 is 1.72 bits per heavy atom. The molecule has 1 fully saturated rings. The van der Waals surface area contributed by atoms with Gasteiger partial charge in [-0.2, -0.15) is 9.57 Å². The van der Waals surface area contributed by atoms with Gasteiger partial charge in [-0.3, -0.25) is 4.40 Å². The zero-order valence-corrected chi connectivity index (χ0v) is 18.2. The van der Waals surface area contributed by atoms with Gasteiger partial charge in [0.2, 0.25) is 10.0 Å². The molecule has 0 spiro atoms. The Balaban J connectivity index is 1.51. The topological polar surface area (TPSA) is 81.7 Å². The van der Waals surface area contributed by atoms with Crippen molar-refractivity contribution >= 4 is 32.5 Å². The second kappa shape index (κ2) is 7.58. The minimum absolute atomic E-state index is 0.0876. The molecule has 1 aliphatic heterocycles. The fourth-order valence-corrected chi connectivity index (χ4v) is 5.64. The van der Waals surface area contributed by atoms with Crippen molar-refractivity contribution in [3.63, 3.8) is 0 Å². The minimum atomic E-state index is -3.69. The van der Waals surface area contributed by atoms with E-state index < -0.39 is 15.8 Å². The van der Waals surface area contributed by atoms with Crippen LogP contribution in [0.15, 0.2) is 59.5 Å². The van der Waals surface area contributed by atoms with Crippen LogP contribution in [-0.2, 0) is 10.0 Å². The molecular weight excluding hydrogens is 429 g/mol. The third kappa shape index (κ3) is 3.20. The summed E-state index contributed by atoms with van der Waals surface area (Å²) in [6.07, 6.45) is 0. The van der Waals surface area contributed by atoms with Crippen molar-refractivity contribution < 1.29 is 12.8 Å². The van der Waals surface area contributed by atoms with Gasteiger partial charge in [0.1, 0.15) is 17.7 Å². The number of halogens is 1. The molecule has 2 aromatic carbocycles. The number of fused-ring (bicyclic) bond motifs is 3. The quantitative estimate of drug-likeness (QED) is 0.479. The summed E-state index contributed by atoms with van der Waals surface area (Å²) in [6.45, 7) is 3.44. The largest absolute Gasteiger partial charge is 0.355 e. The van der Waals surface area contributed by atoms with Crippen molar-refractivity contribution in [2.24, 2.45) is 0 Å². The SMILES string of the molecule is Cc1cc(N2CCN(S(=O)(=O)c3ccc(F)cc3)CC2)n2c(nc3ccccc32)c1C#N. The monoisotopic (exact) mass is 449 g/mol. The van der Waals surface area contributed by atoms with E-state index >= 15 is 0 Å². The Bertz CT molecular complexity index is 1480. The standard InChI is InChI=1S/C23H20FN5O2S/c1-16-14-22(29-21-5-3-2-4-20(21)26-23(29)19(16)15-25)27-10-12-28(13-11-27)32(30,31)18-8-6-17(24)7-9-18/h2-9,14H,10-13H2,1H3. The molecule has 9 heteroatoms. The Morgan fingerprint density at radius 1 is 1.03 bits per heavy atom. The molecule has 1 saturated heterocycles. The number of anilines is 1. The van der Waals surface area contributed by atoms with Crippen LogP contribution in [0.3, 0.4) is 0 Å². The molecule has 0 N–H and O–H groups in total. The summed E-state index contributed by atoms with van der Waals surface area (Å²) in [6, 6.07) is 16.8. The fraction of sp³-hybridized carbons (Fsp3) is 0.217. The van der Waals surface area contributed by atoms with E-state index in [2.05, 4.69) is 16.0 Å². The molecule has 0 bridgehead atoms. The number of pyridine rings is 1. The first kappa shape index (κ1) is 20.4. The second-order valence-corrected chi connectivity index (χ2v) is 9.71. The number of rotatable bonds is 3. The Kier molecular flexibility index (Phi) is 4.84. The van der Waals surface area contributed by atoms with E-state index in [1.165, 1.54) is 16.4 Å². The molecule has 162 valence electrons. The van der Waals surface area contributed by atoms with Gasteiger partial charge < -0.3 is 4.90 Å². The van der Waals surface area contributed by atoms with Crippen molar-refractivity contribution in [1.82, 2.24) is 13.7 Å². The van der Waals surface area contributed by atoms with Crippen molar-refractivity contribution in [3.8, 4) is 6.07 Å². The summed E-state index contributed by atoms with van der Waals surface area (Å²) in [5, 5.41) is 9.68. The zero-order valence-electron chi connectivity index (χ0n) is 17.4. The number of piperazine rings is 1. The lowest BCUT2D eigenvalue weighted by Gasteiger charge is -2.35. The summed E-state index contributed by atoms with van der Waals surface area (Å²) >= 11 is 0. The average Bonchev–Trinajstić information content (AvgIpc) is 3.18. The molecule has 0 atom stereocenters. The predicted octanol–water partition coefficient (Wildman–Crippen LogP) is 3.32. The summed E-state index contributed by atoms with van der Waals surface area (Å²) < 4.78 is 42.5. The van der Waals surface area contributed by atoms with Gasteiger partial charge in [0, 0.05) is 26.2 Å². The first-order chi connectivity index (χ1) is 15.4. The number of hydrogen-bond donors (Lipinski definition) is 0. The number of nitriles is 1. The number of benzene rings is 2. The van der Waals surface area contributed by atoms with Crippen molar-refractivity contribution in [3.05, 3.63) is 71.5 Å². The zero-order chi connectivity index (χ0) is 22.5. The first-order valence-corrected chi connectivity index (χ1v) is 11.7. The third-order valence-electron chi connectivity index (χ3n) is 5.88. The summed E-state index contributed by atoms with van der Waals surface area (Å²) in [5.41, 5.74) is 3.66. The van der Waals surface area contributed by atoms with Crippen LogP contribution in [0.1, 0.15) is 11.1 Å². The summed E-state index contributed by atoms with van der Waals surface area (Å²) in [5.74, 6) is 0.408. The highest BCUT2D eigenvalue weighted by atomic mass is 32.2. The van der Waals surface area contributed by atoms with E-state index in [0.29, 0.717) is 37.4 Å². The average molecular weight is 450 g/mol. The molecular formula is C23H20FN5O2S. The molecule has 0 radical (unpaired) electrons. The minimum Gasteiger partial charge on any atom is -0.355 e. The van der Waals surface area contributed by atoms with Crippen molar-refractivity contribution in [1.29, 1.82) is 5.26 Å². The van der Waals surface area contributed by atoms with Gasteiger partial charge in [-0.25, -0.2) is 17.8 Å². The molecule has 3 heterocycles. The van der Waals surface area contributed by atoms with Crippen molar-refractivity contribution in [2.45, 2.75) is 11.8 Å². The van der Waals surface area contributed by atoms with E-state index in [1.807, 2.05) is 41.7 Å². The Labute approximate surface area is 185 Å². The molecule has 2 aromatic heterocycles. The number of aromatic nitrogens is 2. The van der Waals surface area contributed by atoms with Crippen molar-refractivity contribution in [2.75, 3.05) is 31.1 Å². The fourth-order valence-electron chi connectivity index (χ4n) is 4.22. The lowest BCUT2D eigenvalue weighted by molar-refractivity contribution is 0.383. The second-order valence-electron chi connectivity index (χ2n) is 7.78. The van der Waals surface area contributed by atoms with E-state index in [1.54, 1.807) is 0 Å². The molecule has 1 aliphatic rings. The third-order valence-corrected chi connectivity index (χ3v) is 7.79. The predicted molar refractivity (Wildman–Crippen MR) is 120 cm³/mol. The summed E-state index contributed by atoms with van der Waals surface area (Å²) in [7, 11) is -3.69. The van der Waals surface area contributed by atoms with Gasteiger partial charge in [0.25, 0.3) is 0 Å². The maximum Gasteiger partial charge on any atom is 0.243 e. The van der Waals surface area contributed by atoms with Crippen LogP contribution >= 0.6 is 0 Å². The molecule has 32 heavy (non-hydrogen) atoms. The molecule has 0 amide bonds. The van der Waals surface area contributed by atoms with Crippen LogP contribution in [0.5, 0.6) is 0 Å². The first-order valence-electron chi connectivity index (χ1n) is 10.2. The molecule has 5 rings (SSSR count). The normalized spacial score (nSPS) is 15.3. The maximum atomic E-state index is 13.2. The molecule has 0 saturated carbocycles. The molecule has 4 aromatic rings. The van der Waals surface area contributed by atoms with Gasteiger partial charge in [-0.15, -0.1) is 0 Å². The molecule has 0 aliphatic carbocycles. The van der Waals surface area contributed by atoms with Crippen LogP contribution in [0.25, 0.3) is 16.7 Å². The molecule has 7 nitrogen and oxygen atoms in total. The van der Waals surface area contributed by atoms with E-state index in [0.717, 1.165) is 34.5 Å². The van der Waals surface area contributed by atoms with Gasteiger partial charge in [-0.1, -0.05) is 12.1 Å². The van der Waals surface area contributed by atoms with Crippen LogP contribution in [0, 0.1) is 24.1 Å². The highest BCUT2D eigenvalue weighted by molar-refractivity contribution is 7.89. The number of para-hydroxylation sites is 2. The van der Waals surface area contributed by atoms with Gasteiger partial charge in [0.15, 0.2) is 5.65 Å². The molecule has 0 unspecified atom stereocenters. The Hall–Kier alpha value is -3.48. The van der Waals surface area contributed by atoms with Crippen LogP contribution in [0.4, 0.5) is 10.2 Å². The highest BCUT2D eigenvalue weighted by Gasteiger charge is 2.30. The van der Waals surface area contributed by atoms with Gasteiger partial charge in [-0.05, 0) is 55.0 Å². The number of hydrogen-bond acceptors (Lipinski definition) is 5. The van der Waals surface area contributed by atoms with E-state index in [4.69, 9.17) is 0 Å². The van der Waals surface area contributed by atoms with Gasteiger partial charge >= 0.3 is 0 Å². The van der Waals surface area contributed by atoms with Crippen LogP contribution in [-0.4, -0.2) is 48.3 Å². The van der Waals surface area contributed by atoms with Crippen LogP contribution < -0.4 is 4.90 Å². The number of nitrogens with zero attached hydrogens (tertiary/aromatic N) is 5. The number of imidazole rings is 1. The number of sulfonamides is 1. The van der Waals surface area contributed by atoms with E-state index in [9.17, 15) is 18.1 Å². The highest BCUT2D eigenvalue weighted by Crippen LogP contribution is 2.30. The lowest BCUT2D eigenvalue weighted by Crippen LogP contribution is -2.49. The summed E-state index contributed by atoms with van der Waals surface area (Å²) in [4.78, 5) is 6.88. The van der Waals surface area contributed by atoms with Gasteiger partial charge in [0.05, 0.1) is 21.5 Å². The maximum absolute atomic E-state index is 13.2. The van der Waals surface area contributed by atoms with Crippen LogP contribution in [0.2, 0.25) is 0 Å². The lowest BCUT2D eigenvalue weighted by atomic mass is 10.1. The van der Waals surface area contributed by atoms with E-state index in [-0.39, 0.29) is 4.90 Å². The number of aryl methyl sites for hydroxylation is 1.